The quantitative estimate of drug-likeness (QED) is 0.617. The molecule has 2 nitrogen and oxygen atoms in total. The van der Waals surface area contributed by atoms with Crippen molar-refractivity contribution in [3.63, 3.8) is 0 Å². The Hall–Kier alpha value is -1.69. The van der Waals surface area contributed by atoms with Gasteiger partial charge in [-0.1, -0.05) is 6.07 Å². The van der Waals surface area contributed by atoms with Gasteiger partial charge in [0.05, 0.1) is 11.1 Å². The molecule has 0 heterocycles. The summed E-state index contributed by atoms with van der Waals surface area (Å²) in [5, 5.41) is 8.51. The molecule has 0 aromatic heterocycles. The second kappa shape index (κ2) is 3.36. The highest BCUT2D eigenvalue weighted by Crippen LogP contribution is 2.17. The van der Waals surface area contributed by atoms with Gasteiger partial charge >= 0.3 is 0 Å². The van der Waals surface area contributed by atoms with Crippen LogP contribution in [-0.2, 0) is 0 Å². The molecular formula is C10H8FNO. The SMILES string of the molecule is CC(=O)c1c(C)ccc(C#N)c1F. The second-order valence-electron chi connectivity index (χ2n) is 2.79. The smallest absolute Gasteiger partial charge is 0.163 e. The lowest BCUT2D eigenvalue weighted by Crippen LogP contribution is -2.02. The van der Waals surface area contributed by atoms with Gasteiger partial charge < -0.3 is 0 Å². The third-order valence-electron chi connectivity index (χ3n) is 1.82. The lowest BCUT2D eigenvalue weighted by molar-refractivity contribution is 0.101. The summed E-state index contributed by atoms with van der Waals surface area (Å²) in [6.45, 7) is 2.92. The summed E-state index contributed by atoms with van der Waals surface area (Å²) >= 11 is 0. The molecule has 0 spiro atoms. The molecule has 0 amide bonds. The van der Waals surface area contributed by atoms with Crippen LogP contribution in [0, 0.1) is 24.1 Å². The Morgan fingerprint density at radius 2 is 2.15 bits per heavy atom. The van der Waals surface area contributed by atoms with E-state index < -0.39 is 5.82 Å². The molecule has 0 aliphatic heterocycles. The van der Waals surface area contributed by atoms with E-state index in [2.05, 4.69) is 0 Å². The fraction of sp³-hybridized carbons (Fsp3) is 0.200. The third kappa shape index (κ3) is 1.57. The zero-order valence-electron chi connectivity index (χ0n) is 7.39. The third-order valence-corrected chi connectivity index (χ3v) is 1.82. The van der Waals surface area contributed by atoms with Gasteiger partial charge in [0, 0.05) is 0 Å². The summed E-state index contributed by atoms with van der Waals surface area (Å²) < 4.78 is 13.3. The number of ketones is 1. The molecule has 66 valence electrons. The molecule has 0 aliphatic carbocycles. The summed E-state index contributed by atoms with van der Waals surface area (Å²) in [6, 6.07) is 4.63. The number of aryl methyl sites for hydroxylation is 1. The van der Waals surface area contributed by atoms with Crippen LogP contribution in [0.5, 0.6) is 0 Å². The molecule has 0 fully saturated rings. The number of rotatable bonds is 1. The molecule has 0 bridgehead atoms. The number of nitriles is 1. The van der Waals surface area contributed by atoms with Crippen LogP contribution in [0.3, 0.4) is 0 Å². The van der Waals surface area contributed by atoms with E-state index in [1.165, 1.54) is 13.0 Å². The molecule has 0 N–H and O–H groups in total. The molecule has 0 radical (unpaired) electrons. The van der Waals surface area contributed by atoms with Crippen LogP contribution >= 0.6 is 0 Å². The van der Waals surface area contributed by atoms with Crippen LogP contribution in [0.15, 0.2) is 12.1 Å². The zero-order valence-corrected chi connectivity index (χ0v) is 7.39. The maximum absolute atomic E-state index is 13.3. The minimum atomic E-state index is -0.713. The predicted molar refractivity (Wildman–Crippen MR) is 45.9 cm³/mol. The average molecular weight is 177 g/mol. The van der Waals surface area contributed by atoms with Crippen LogP contribution in [0.2, 0.25) is 0 Å². The summed E-state index contributed by atoms with van der Waals surface area (Å²) in [5.41, 5.74) is 0.485. The first-order chi connectivity index (χ1) is 6.07. The van der Waals surface area contributed by atoms with Gasteiger partial charge in [0.15, 0.2) is 11.6 Å². The Kier molecular flexibility index (Phi) is 2.43. The topological polar surface area (TPSA) is 40.9 Å². The molecule has 1 aromatic rings. The van der Waals surface area contributed by atoms with Crippen molar-refractivity contribution in [2.24, 2.45) is 0 Å². The van der Waals surface area contributed by atoms with Crippen molar-refractivity contribution < 1.29 is 9.18 Å². The number of carbonyl (C=O) groups excluding carboxylic acids is 1. The fourth-order valence-electron chi connectivity index (χ4n) is 1.19. The molecule has 0 saturated carbocycles. The van der Waals surface area contributed by atoms with Crippen LogP contribution in [0.4, 0.5) is 4.39 Å². The molecule has 13 heavy (non-hydrogen) atoms. The van der Waals surface area contributed by atoms with E-state index in [4.69, 9.17) is 5.26 Å². The molecule has 0 aliphatic rings. The Balaban J connectivity index is 3.50. The van der Waals surface area contributed by atoms with E-state index in [0.29, 0.717) is 5.56 Å². The minimum absolute atomic E-state index is 0.0130. The minimum Gasteiger partial charge on any atom is -0.294 e. The van der Waals surface area contributed by atoms with Crippen molar-refractivity contribution >= 4 is 5.78 Å². The molecule has 3 heteroatoms. The lowest BCUT2D eigenvalue weighted by atomic mass is 10.0. The van der Waals surface area contributed by atoms with Gasteiger partial charge in [-0.15, -0.1) is 0 Å². The van der Waals surface area contributed by atoms with E-state index in [1.807, 2.05) is 0 Å². The van der Waals surface area contributed by atoms with Gasteiger partial charge in [-0.3, -0.25) is 4.79 Å². The van der Waals surface area contributed by atoms with E-state index in [0.717, 1.165) is 0 Å². The van der Waals surface area contributed by atoms with E-state index in [-0.39, 0.29) is 16.9 Å². The Labute approximate surface area is 75.6 Å². The first kappa shape index (κ1) is 9.40. The highest BCUT2D eigenvalue weighted by molar-refractivity contribution is 5.96. The molecule has 0 saturated heterocycles. The summed E-state index contributed by atoms with van der Waals surface area (Å²) in [7, 11) is 0. The highest BCUT2D eigenvalue weighted by Gasteiger charge is 2.14. The summed E-state index contributed by atoms with van der Waals surface area (Å²) in [5.74, 6) is -1.07. The Bertz CT molecular complexity index is 404. The van der Waals surface area contributed by atoms with Gasteiger partial charge in [-0.05, 0) is 25.5 Å². The standard InChI is InChI=1S/C10H8FNO/c1-6-3-4-8(5-12)10(11)9(6)7(2)13/h3-4H,1-2H3. The first-order valence-electron chi connectivity index (χ1n) is 3.78. The van der Waals surface area contributed by atoms with Crippen molar-refractivity contribution in [2.45, 2.75) is 13.8 Å². The van der Waals surface area contributed by atoms with Gasteiger partial charge in [0.2, 0.25) is 0 Å². The molecule has 1 aromatic carbocycles. The molecule has 0 unspecified atom stereocenters. The number of hydrogen-bond donors (Lipinski definition) is 0. The zero-order chi connectivity index (χ0) is 10.0. The normalized spacial score (nSPS) is 9.38. The molecule has 1 rings (SSSR count). The summed E-state index contributed by atoms with van der Waals surface area (Å²) in [4.78, 5) is 11.0. The van der Waals surface area contributed by atoms with E-state index >= 15 is 0 Å². The van der Waals surface area contributed by atoms with Crippen LogP contribution in [-0.4, -0.2) is 5.78 Å². The van der Waals surface area contributed by atoms with Gasteiger partial charge in [0.1, 0.15) is 6.07 Å². The number of benzene rings is 1. The lowest BCUT2D eigenvalue weighted by Gasteiger charge is -2.03. The van der Waals surface area contributed by atoms with Crippen LogP contribution in [0.25, 0.3) is 0 Å². The van der Waals surface area contributed by atoms with Crippen molar-refractivity contribution in [3.05, 3.63) is 34.6 Å². The van der Waals surface area contributed by atoms with E-state index in [1.54, 1.807) is 19.1 Å². The van der Waals surface area contributed by atoms with Gasteiger partial charge in [-0.2, -0.15) is 5.26 Å². The van der Waals surface area contributed by atoms with Crippen LogP contribution in [0.1, 0.15) is 28.4 Å². The average Bonchev–Trinajstić information content (AvgIpc) is 2.04. The van der Waals surface area contributed by atoms with Gasteiger partial charge in [-0.25, -0.2) is 4.39 Å². The van der Waals surface area contributed by atoms with E-state index in [9.17, 15) is 9.18 Å². The summed E-state index contributed by atoms with van der Waals surface area (Å²) in [6.07, 6.45) is 0. The van der Waals surface area contributed by atoms with Crippen molar-refractivity contribution in [1.82, 2.24) is 0 Å². The first-order valence-corrected chi connectivity index (χ1v) is 3.78. The molecular weight excluding hydrogens is 169 g/mol. The Morgan fingerprint density at radius 1 is 1.54 bits per heavy atom. The monoisotopic (exact) mass is 177 g/mol. The van der Waals surface area contributed by atoms with Crippen LogP contribution < -0.4 is 0 Å². The van der Waals surface area contributed by atoms with Crippen molar-refractivity contribution in [3.8, 4) is 6.07 Å². The second-order valence-corrected chi connectivity index (χ2v) is 2.79. The number of nitrogens with zero attached hydrogens (tertiary/aromatic N) is 1. The maximum Gasteiger partial charge on any atom is 0.163 e. The largest absolute Gasteiger partial charge is 0.294 e. The Morgan fingerprint density at radius 3 is 2.62 bits per heavy atom. The number of halogens is 1. The molecule has 0 atom stereocenters. The number of carbonyl (C=O) groups is 1. The predicted octanol–water partition coefficient (Wildman–Crippen LogP) is 2.21. The maximum atomic E-state index is 13.3. The fourth-order valence-corrected chi connectivity index (χ4v) is 1.19. The number of hydrogen-bond acceptors (Lipinski definition) is 2. The van der Waals surface area contributed by atoms with Gasteiger partial charge in [0.25, 0.3) is 0 Å². The van der Waals surface area contributed by atoms with Crippen molar-refractivity contribution in [2.75, 3.05) is 0 Å². The number of Topliss-reactive ketones (excluding diaryl/α,β-unsaturated/α-hetero) is 1. The highest BCUT2D eigenvalue weighted by atomic mass is 19.1. The van der Waals surface area contributed by atoms with Crippen molar-refractivity contribution in [1.29, 1.82) is 5.26 Å².